The number of anilines is 2. The number of rotatable bonds is 9. The summed E-state index contributed by atoms with van der Waals surface area (Å²) in [5.41, 5.74) is 7.32. The number of nitrogens with one attached hydrogen (secondary N) is 1. The number of pyridine rings is 1. The van der Waals surface area contributed by atoms with Crippen molar-refractivity contribution in [3.63, 3.8) is 0 Å². The van der Waals surface area contributed by atoms with Gasteiger partial charge in [-0.3, -0.25) is 14.2 Å². The third-order valence-corrected chi connectivity index (χ3v) is 5.26. The summed E-state index contributed by atoms with van der Waals surface area (Å²) in [6.45, 7) is 2.58. The van der Waals surface area contributed by atoms with Crippen molar-refractivity contribution in [1.82, 2.24) is 4.57 Å². The van der Waals surface area contributed by atoms with Gasteiger partial charge in [0.2, 0.25) is 5.91 Å². The Morgan fingerprint density at radius 1 is 1.16 bits per heavy atom. The number of carbonyl (C=O) groups excluding carboxylic acids is 1. The molecule has 1 heterocycles. The molecule has 0 aliphatic rings. The summed E-state index contributed by atoms with van der Waals surface area (Å²) in [7, 11) is 1.53. The fourth-order valence-corrected chi connectivity index (χ4v) is 3.66. The van der Waals surface area contributed by atoms with Crippen LogP contribution in [0.15, 0.2) is 47.3 Å². The maximum absolute atomic E-state index is 14.6. The molecule has 0 radical (unpaired) electrons. The van der Waals surface area contributed by atoms with E-state index in [0.717, 1.165) is 19.3 Å². The third kappa shape index (κ3) is 4.94. The van der Waals surface area contributed by atoms with Crippen LogP contribution in [0.4, 0.5) is 15.9 Å². The molecule has 0 aliphatic carbocycles. The number of hydrogen-bond acceptors (Lipinski definition) is 4. The first-order valence-corrected chi connectivity index (χ1v) is 10.5. The molecule has 0 unspecified atom stereocenters. The van der Waals surface area contributed by atoms with E-state index in [9.17, 15) is 14.0 Å². The number of benzene rings is 2. The summed E-state index contributed by atoms with van der Waals surface area (Å²) in [6, 6.07) is 11.4. The first-order chi connectivity index (χ1) is 15.0. The predicted octanol–water partition coefficient (Wildman–Crippen LogP) is 4.56. The number of nitrogens with two attached hydrogens (primary N) is 1. The fourth-order valence-electron chi connectivity index (χ4n) is 3.66. The van der Waals surface area contributed by atoms with Crippen LogP contribution >= 0.6 is 0 Å². The van der Waals surface area contributed by atoms with Crippen LogP contribution in [0, 0.1) is 5.82 Å². The third-order valence-electron chi connectivity index (χ3n) is 5.26. The average molecular weight is 426 g/mol. The average Bonchev–Trinajstić information content (AvgIpc) is 2.75. The summed E-state index contributed by atoms with van der Waals surface area (Å²) in [6.07, 6.45) is 3.25. The second-order valence-corrected chi connectivity index (χ2v) is 7.46. The topological polar surface area (TPSA) is 86.3 Å². The van der Waals surface area contributed by atoms with Crippen LogP contribution in [0.5, 0.6) is 0 Å². The van der Waals surface area contributed by atoms with Crippen molar-refractivity contribution in [3.8, 4) is 11.1 Å². The van der Waals surface area contributed by atoms with Gasteiger partial charge in [0.05, 0.1) is 13.2 Å². The molecule has 0 bridgehead atoms. The van der Waals surface area contributed by atoms with Gasteiger partial charge < -0.3 is 15.8 Å². The van der Waals surface area contributed by atoms with Crippen molar-refractivity contribution < 1.29 is 13.9 Å². The summed E-state index contributed by atoms with van der Waals surface area (Å²) in [4.78, 5) is 25.4. The number of unbranched alkanes of at least 4 members (excludes halogenated alkanes) is 2. The minimum absolute atomic E-state index is 0.0997. The number of carbonyl (C=O) groups is 1. The zero-order valence-corrected chi connectivity index (χ0v) is 17.9. The van der Waals surface area contributed by atoms with Crippen molar-refractivity contribution in [1.29, 1.82) is 0 Å². The number of aromatic nitrogens is 1. The molecule has 31 heavy (non-hydrogen) atoms. The van der Waals surface area contributed by atoms with E-state index in [0.29, 0.717) is 34.0 Å². The van der Waals surface area contributed by atoms with E-state index in [1.807, 2.05) is 0 Å². The largest absolute Gasteiger partial charge is 0.384 e. The van der Waals surface area contributed by atoms with Gasteiger partial charge in [0.25, 0.3) is 5.56 Å². The van der Waals surface area contributed by atoms with Gasteiger partial charge >= 0.3 is 0 Å². The van der Waals surface area contributed by atoms with Crippen LogP contribution in [0.2, 0.25) is 0 Å². The quantitative estimate of drug-likeness (QED) is 0.492. The first kappa shape index (κ1) is 22.5. The maximum Gasteiger partial charge on any atom is 0.260 e. The Kier molecular flexibility index (Phi) is 7.41. The van der Waals surface area contributed by atoms with Crippen LogP contribution in [0.1, 0.15) is 32.6 Å². The molecule has 3 N–H and O–H groups in total. The van der Waals surface area contributed by atoms with Gasteiger partial charge in [-0.15, -0.1) is 0 Å². The summed E-state index contributed by atoms with van der Waals surface area (Å²) < 4.78 is 21.1. The highest BCUT2D eigenvalue weighted by molar-refractivity contribution is 6.03. The smallest absolute Gasteiger partial charge is 0.260 e. The molecule has 0 aliphatic heterocycles. The maximum atomic E-state index is 14.6. The van der Waals surface area contributed by atoms with Crippen LogP contribution in [-0.2, 0) is 16.1 Å². The van der Waals surface area contributed by atoms with Gasteiger partial charge in [0, 0.05) is 35.7 Å². The molecule has 3 rings (SSSR count). The molecule has 2 aromatic carbocycles. The summed E-state index contributed by atoms with van der Waals surface area (Å²) in [5.74, 6) is -0.353. The van der Waals surface area contributed by atoms with Crippen molar-refractivity contribution in [3.05, 3.63) is 58.6 Å². The number of fused-ring (bicyclic) bond motifs is 1. The molecular weight excluding hydrogens is 397 g/mol. The lowest BCUT2D eigenvalue weighted by atomic mass is 9.98. The van der Waals surface area contributed by atoms with Crippen molar-refractivity contribution in [2.45, 2.75) is 39.2 Å². The van der Waals surface area contributed by atoms with E-state index in [1.54, 1.807) is 36.4 Å². The van der Waals surface area contributed by atoms with Crippen LogP contribution < -0.4 is 16.6 Å². The van der Waals surface area contributed by atoms with Crippen molar-refractivity contribution >= 4 is 28.2 Å². The lowest BCUT2D eigenvalue weighted by Crippen LogP contribution is -2.26. The van der Waals surface area contributed by atoms with Gasteiger partial charge in [-0.2, -0.15) is 0 Å². The van der Waals surface area contributed by atoms with Gasteiger partial charge in [0.15, 0.2) is 0 Å². The Balaban J connectivity index is 2.13. The number of halogens is 1. The number of ether oxygens (including phenoxy) is 1. The van der Waals surface area contributed by atoms with Crippen LogP contribution in [0.25, 0.3) is 21.9 Å². The van der Waals surface area contributed by atoms with Gasteiger partial charge in [-0.05, 0) is 30.0 Å². The van der Waals surface area contributed by atoms with Crippen molar-refractivity contribution in [2.75, 3.05) is 24.8 Å². The molecule has 0 atom stereocenters. The zero-order valence-electron chi connectivity index (χ0n) is 17.9. The lowest BCUT2D eigenvalue weighted by molar-refractivity contribution is -0.116. The van der Waals surface area contributed by atoms with Crippen molar-refractivity contribution in [2.24, 2.45) is 0 Å². The second kappa shape index (κ2) is 10.2. The van der Waals surface area contributed by atoms with E-state index < -0.39 is 5.82 Å². The van der Waals surface area contributed by atoms with Gasteiger partial charge in [-0.25, -0.2) is 4.39 Å². The monoisotopic (exact) mass is 425 g/mol. The molecule has 6 nitrogen and oxygen atoms in total. The Bertz CT molecular complexity index is 1140. The van der Waals surface area contributed by atoms with E-state index in [2.05, 4.69) is 12.2 Å². The van der Waals surface area contributed by atoms with E-state index >= 15 is 0 Å². The molecule has 1 aromatic heterocycles. The lowest BCUT2D eigenvalue weighted by Gasteiger charge is -2.18. The molecule has 7 heteroatoms. The Hall–Kier alpha value is -3.19. The van der Waals surface area contributed by atoms with E-state index in [4.69, 9.17) is 10.5 Å². The standard InChI is InChI=1S/C24H28FN3O3/c1-3-4-5-10-21(29)27-16-11-12-17-19(15-16)24(30)28(13-14-31-2)23(26)22(17)18-8-6-7-9-20(18)25/h6-9,11-12,15H,3-5,10,13-14,26H2,1-2H3,(H,27,29). The van der Waals surface area contributed by atoms with Gasteiger partial charge in [0.1, 0.15) is 11.6 Å². The molecule has 0 saturated carbocycles. The van der Waals surface area contributed by atoms with Crippen LogP contribution in [0.3, 0.4) is 0 Å². The molecule has 164 valence electrons. The molecule has 3 aromatic rings. The number of amides is 1. The Morgan fingerprint density at radius 3 is 2.65 bits per heavy atom. The van der Waals surface area contributed by atoms with E-state index in [-0.39, 0.29) is 30.4 Å². The first-order valence-electron chi connectivity index (χ1n) is 10.5. The number of nitrogen functional groups attached to an aromatic ring is 1. The number of methoxy groups -OCH3 is 1. The molecule has 0 saturated heterocycles. The SMILES string of the molecule is CCCCCC(=O)Nc1ccc2c(-c3ccccc3F)c(N)n(CCOC)c(=O)c2c1. The fraction of sp³-hybridized carbons (Fsp3) is 0.333. The highest BCUT2D eigenvalue weighted by atomic mass is 19.1. The molecular formula is C24H28FN3O3. The highest BCUT2D eigenvalue weighted by Gasteiger charge is 2.19. The normalized spacial score (nSPS) is 11.1. The van der Waals surface area contributed by atoms with E-state index in [1.165, 1.54) is 17.7 Å². The summed E-state index contributed by atoms with van der Waals surface area (Å²) in [5, 5.41) is 3.74. The van der Waals surface area contributed by atoms with Gasteiger partial charge in [-0.1, -0.05) is 44.0 Å². The minimum atomic E-state index is -0.430. The highest BCUT2D eigenvalue weighted by Crippen LogP contribution is 2.35. The Morgan fingerprint density at radius 2 is 1.94 bits per heavy atom. The minimum Gasteiger partial charge on any atom is -0.384 e. The molecule has 0 fully saturated rings. The summed E-state index contributed by atoms with van der Waals surface area (Å²) >= 11 is 0. The predicted molar refractivity (Wildman–Crippen MR) is 123 cm³/mol. The number of nitrogens with zero attached hydrogens (tertiary/aromatic N) is 1. The Labute approximate surface area is 180 Å². The van der Waals surface area contributed by atoms with Crippen LogP contribution in [-0.4, -0.2) is 24.2 Å². The number of hydrogen-bond donors (Lipinski definition) is 2. The molecule has 0 spiro atoms. The second-order valence-electron chi connectivity index (χ2n) is 7.46. The molecule has 1 amide bonds. The zero-order chi connectivity index (χ0) is 22.4.